The summed E-state index contributed by atoms with van der Waals surface area (Å²) >= 11 is 0. The minimum Gasteiger partial charge on any atom is -0.221 e. The van der Waals surface area contributed by atoms with Crippen LogP contribution < -0.4 is 0 Å². The van der Waals surface area contributed by atoms with Crippen molar-refractivity contribution in [2.45, 2.75) is 12.5 Å². The summed E-state index contributed by atoms with van der Waals surface area (Å²) in [6.07, 6.45) is 8.10. The maximum Gasteiger partial charge on any atom is 0.118 e. The van der Waals surface area contributed by atoms with Crippen LogP contribution in [0.1, 0.15) is 6.42 Å². The Morgan fingerprint density at radius 2 is 2.33 bits per heavy atom. The quantitative estimate of drug-likeness (QED) is 0.450. The zero-order valence-electron chi connectivity index (χ0n) is 4.86. The lowest BCUT2D eigenvalue weighted by Gasteiger charge is -2.08. The average Bonchev–Trinajstić information content (AvgIpc) is 1.91. The first-order valence-electron chi connectivity index (χ1n) is 2.73. The normalized spacial score (nSPS) is 24.8. The molecule has 0 saturated heterocycles. The second-order valence-electron chi connectivity index (χ2n) is 1.76. The van der Waals surface area contributed by atoms with E-state index in [0.29, 0.717) is 0 Å². The first kappa shape index (κ1) is 6.48. The monoisotopic (exact) mass is 128 g/mol. The number of hydrogen-bond donors (Lipinski definition) is 1. The molecular weight excluding hydrogens is 120 g/mol. The summed E-state index contributed by atoms with van der Waals surface area (Å²) in [6.45, 7) is 0. The van der Waals surface area contributed by atoms with Crippen molar-refractivity contribution in [2.75, 3.05) is 0 Å². The molecule has 0 amide bonds. The molecule has 9 heavy (non-hydrogen) atoms. The van der Waals surface area contributed by atoms with Gasteiger partial charge < -0.3 is 0 Å². The van der Waals surface area contributed by atoms with E-state index in [1.807, 2.05) is 18.2 Å². The number of hydrogen-bond acceptors (Lipinski definition) is 3. The van der Waals surface area contributed by atoms with E-state index in [0.717, 1.165) is 6.42 Å². The van der Waals surface area contributed by atoms with E-state index in [9.17, 15) is 0 Å². The largest absolute Gasteiger partial charge is 0.221 e. The van der Waals surface area contributed by atoms with Crippen molar-refractivity contribution in [2.24, 2.45) is 0 Å². The second-order valence-corrected chi connectivity index (χ2v) is 1.76. The molecule has 0 fully saturated rings. The Labute approximate surface area is 53.1 Å². The van der Waals surface area contributed by atoms with Gasteiger partial charge in [0.15, 0.2) is 0 Å². The Bertz CT molecular complexity index is 128. The summed E-state index contributed by atoms with van der Waals surface area (Å²) in [4.78, 5) is 4.40. The van der Waals surface area contributed by atoms with Crippen LogP contribution in [-0.4, -0.2) is 11.4 Å². The molecule has 1 aliphatic carbocycles. The third-order valence-electron chi connectivity index (χ3n) is 1.11. The highest BCUT2D eigenvalue weighted by molar-refractivity contribution is 5.11. The van der Waals surface area contributed by atoms with Gasteiger partial charge in [0.25, 0.3) is 0 Å². The molecule has 3 heteroatoms. The lowest BCUT2D eigenvalue weighted by molar-refractivity contribution is -0.500. The Morgan fingerprint density at radius 3 is 2.89 bits per heavy atom. The maximum absolute atomic E-state index is 7.84. The van der Waals surface area contributed by atoms with Crippen LogP contribution in [-0.2, 0) is 9.93 Å². The molecule has 0 heterocycles. The van der Waals surface area contributed by atoms with Crippen molar-refractivity contribution in [3.05, 3.63) is 24.3 Å². The minimum atomic E-state index is -0.139. The highest BCUT2D eigenvalue weighted by Gasteiger charge is 2.04. The molecule has 0 aromatic rings. The summed E-state index contributed by atoms with van der Waals surface area (Å²) in [5.74, 6) is 0. The van der Waals surface area contributed by atoms with Crippen LogP contribution in [0.25, 0.3) is 0 Å². The molecule has 50 valence electrons. The van der Waals surface area contributed by atoms with E-state index in [4.69, 9.17) is 5.26 Å². The molecule has 3 nitrogen and oxygen atoms in total. The second kappa shape index (κ2) is 3.40. The highest BCUT2D eigenvalue weighted by atomic mass is 17.5. The molecule has 1 atom stereocenters. The third-order valence-corrected chi connectivity index (χ3v) is 1.11. The Hall–Kier alpha value is -0.640. The Morgan fingerprint density at radius 1 is 1.44 bits per heavy atom. The fraction of sp³-hybridized carbons (Fsp3) is 0.333. The minimum absolute atomic E-state index is 0.139. The zero-order valence-corrected chi connectivity index (χ0v) is 4.86. The van der Waals surface area contributed by atoms with Crippen LogP contribution in [0.3, 0.4) is 0 Å². The van der Waals surface area contributed by atoms with E-state index in [-0.39, 0.29) is 6.10 Å². The first-order valence-corrected chi connectivity index (χ1v) is 2.73. The molecule has 0 saturated carbocycles. The van der Waals surface area contributed by atoms with Gasteiger partial charge in [0.1, 0.15) is 6.10 Å². The molecular formula is C6H8O3. The van der Waals surface area contributed by atoms with Crippen LogP contribution in [0.4, 0.5) is 0 Å². The van der Waals surface area contributed by atoms with Crippen LogP contribution in [0.2, 0.25) is 0 Å². The SMILES string of the molecule is OOOC1C=CC=CC1. The van der Waals surface area contributed by atoms with Gasteiger partial charge in [-0.1, -0.05) is 29.3 Å². The van der Waals surface area contributed by atoms with Gasteiger partial charge in [0.2, 0.25) is 0 Å². The van der Waals surface area contributed by atoms with Crippen LogP contribution in [0.5, 0.6) is 0 Å². The topological polar surface area (TPSA) is 38.7 Å². The van der Waals surface area contributed by atoms with Crippen molar-refractivity contribution in [1.82, 2.24) is 0 Å². The standard InChI is InChI=1S/C6H8O3/c7-9-8-6-4-2-1-3-5-6/h1-4,6-7H,5H2. The van der Waals surface area contributed by atoms with Gasteiger partial charge in [-0.05, 0) is 6.42 Å². The summed E-state index contributed by atoms with van der Waals surface area (Å²) < 4.78 is 0. The summed E-state index contributed by atoms with van der Waals surface area (Å²) in [5.41, 5.74) is 0. The smallest absolute Gasteiger partial charge is 0.118 e. The average molecular weight is 128 g/mol. The fourth-order valence-electron chi connectivity index (χ4n) is 0.685. The summed E-state index contributed by atoms with van der Waals surface area (Å²) in [5, 5.41) is 11.3. The van der Waals surface area contributed by atoms with Crippen LogP contribution in [0, 0.1) is 0 Å². The number of rotatable bonds is 2. The number of allylic oxidation sites excluding steroid dienone is 2. The van der Waals surface area contributed by atoms with E-state index < -0.39 is 0 Å². The predicted molar refractivity (Wildman–Crippen MR) is 31.5 cm³/mol. The van der Waals surface area contributed by atoms with Crippen molar-refractivity contribution in [3.63, 3.8) is 0 Å². The van der Waals surface area contributed by atoms with Gasteiger partial charge in [-0.15, -0.1) is 0 Å². The zero-order chi connectivity index (χ0) is 6.53. The Balaban J connectivity index is 2.28. The fourth-order valence-corrected chi connectivity index (χ4v) is 0.685. The highest BCUT2D eigenvalue weighted by Crippen LogP contribution is 2.06. The predicted octanol–water partition coefficient (Wildman–Crippen LogP) is 1.29. The van der Waals surface area contributed by atoms with Gasteiger partial charge in [-0.25, -0.2) is 5.26 Å². The van der Waals surface area contributed by atoms with Gasteiger partial charge >= 0.3 is 0 Å². The lowest BCUT2D eigenvalue weighted by Crippen LogP contribution is -2.09. The molecule has 1 rings (SSSR count). The van der Waals surface area contributed by atoms with Crippen molar-refractivity contribution in [3.8, 4) is 0 Å². The summed E-state index contributed by atoms with van der Waals surface area (Å²) in [6, 6.07) is 0. The van der Waals surface area contributed by atoms with Crippen LogP contribution in [0.15, 0.2) is 24.3 Å². The van der Waals surface area contributed by atoms with Gasteiger partial charge in [0, 0.05) is 0 Å². The van der Waals surface area contributed by atoms with E-state index >= 15 is 0 Å². The lowest BCUT2D eigenvalue weighted by atomic mass is 10.1. The molecule has 0 radical (unpaired) electrons. The molecule has 1 aliphatic rings. The van der Waals surface area contributed by atoms with E-state index in [1.54, 1.807) is 6.08 Å². The van der Waals surface area contributed by atoms with E-state index in [2.05, 4.69) is 9.93 Å². The van der Waals surface area contributed by atoms with Gasteiger partial charge in [-0.3, -0.25) is 0 Å². The molecule has 0 bridgehead atoms. The first-order chi connectivity index (χ1) is 4.43. The van der Waals surface area contributed by atoms with E-state index in [1.165, 1.54) is 0 Å². The molecule has 0 aromatic carbocycles. The van der Waals surface area contributed by atoms with Gasteiger partial charge in [-0.2, -0.15) is 4.89 Å². The molecule has 0 spiro atoms. The third kappa shape index (κ3) is 1.97. The summed E-state index contributed by atoms with van der Waals surface area (Å²) in [7, 11) is 0. The van der Waals surface area contributed by atoms with Crippen molar-refractivity contribution >= 4 is 0 Å². The maximum atomic E-state index is 7.84. The molecule has 1 N–H and O–H groups in total. The molecule has 0 aromatic heterocycles. The Kier molecular flexibility index (Phi) is 2.45. The van der Waals surface area contributed by atoms with Gasteiger partial charge in [0.05, 0.1) is 0 Å². The van der Waals surface area contributed by atoms with Crippen molar-refractivity contribution < 1.29 is 15.2 Å². The van der Waals surface area contributed by atoms with Crippen LogP contribution >= 0.6 is 0 Å². The molecule has 1 unspecified atom stereocenters. The van der Waals surface area contributed by atoms with Crippen molar-refractivity contribution in [1.29, 1.82) is 0 Å². The molecule has 0 aliphatic heterocycles.